The number of rotatable bonds is 66. The van der Waals surface area contributed by atoms with Crippen LogP contribution >= 0.6 is 0 Å². The van der Waals surface area contributed by atoms with Gasteiger partial charge in [-0.2, -0.15) is 0 Å². The summed E-state index contributed by atoms with van der Waals surface area (Å²) < 4.78 is 17.0. The van der Waals surface area contributed by atoms with Crippen molar-refractivity contribution in [3.05, 3.63) is 48.6 Å². The molecule has 0 aliphatic rings. The zero-order valence-electron chi connectivity index (χ0n) is 53.9. The molecule has 6 heteroatoms. The van der Waals surface area contributed by atoms with Crippen molar-refractivity contribution in [3.63, 3.8) is 0 Å². The van der Waals surface area contributed by atoms with Gasteiger partial charge in [-0.05, 0) is 83.5 Å². The van der Waals surface area contributed by atoms with Crippen LogP contribution in [0, 0.1) is 0 Å². The number of carbonyl (C=O) groups excluding carboxylic acids is 3. The molecule has 0 heterocycles. The normalized spacial score (nSPS) is 12.3. The van der Waals surface area contributed by atoms with Gasteiger partial charge in [-0.3, -0.25) is 14.4 Å². The molecule has 0 fully saturated rings. The molecule has 0 bridgehead atoms. The van der Waals surface area contributed by atoms with Gasteiger partial charge >= 0.3 is 17.9 Å². The highest BCUT2D eigenvalue weighted by Gasteiger charge is 2.19. The Morgan fingerprint density at radius 2 is 0.450 bits per heavy atom. The van der Waals surface area contributed by atoms with Gasteiger partial charge in [0.25, 0.3) is 0 Å². The van der Waals surface area contributed by atoms with Crippen molar-refractivity contribution in [2.45, 2.75) is 393 Å². The minimum atomic E-state index is -0.783. The first-order chi connectivity index (χ1) is 39.5. The van der Waals surface area contributed by atoms with Crippen molar-refractivity contribution >= 4 is 17.9 Å². The van der Waals surface area contributed by atoms with Gasteiger partial charge in [0.05, 0.1) is 0 Å². The highest BCUT2D eigenvalue weighted by atomic mass is 16.6. The van der Waals surface area contributed by atoms with Crippen LogP contribution in [-0.2, 0) is 28.6 Å². The van der Waals surface area contributed by atoms with E-state index in [1.54, 1.807) is 0 Å². The van der Waals surface area contributed by atoms with Crippen molar-refractivity contribution in [2.75, 3.05) is 13.2 Å². The number of carbonyl (C=O) groups is 3. The Kier molecular flexibility index (Phi) is 66.6. The van der Waals surface area contributed by atoms with Crippen molar-refractivity contribution < 1.29 is 28.6 Å². The Balaban J connectivity index is 4.26. The Bertz CT molecular complexity index is 1380. The number of ether oxygens (including phenoxy) is 3. The summed E-state index contributed by atoms with van der Waals surface area (Å²) in [6, 6.07) is 0. The van der Waals surface area contributed by atoms with Crippen LogP contribution in [-0.4, -0.2) is 37.2 Å². The smallest absolute Gasteiger partial charge is 0.306 e. The van der Waals surface area contributed by atoms with Gasteiger partial charge in [-0.1, -0.05) is 333 Å². The fraction of sp³-hybridized carbons (Fsp3) is 0.851. The van der Waals surface area contributed by atoms with E-state index in [1.807, 2.05) is 0 Å². The van der Waals surface area contributed by atoms with Gasteiger partial charge in [0.1, 0.15) is 13.2 Å². The second-order valence-corrected chi connectivity index (χ2v) is 24.1. The maximum absolute atomic E-state index is 12.9. The molecule has 0 aromatic carbocycles. The van der Waals surface area contributed by atoms with Gasteiger partial charge in [0.15, 0.2) is 6.10 Å². The van der Waals surface area contributed by atoms with E-state index in [-0.39, 0.29) is 31.1 Å². The molecule has 0 aromatic rings. The Morgan fingerprint density at radius 3 is 0.713 bits per heavy atom. The molecule has 0 aromatic heterocycles. The summed E-state index contributed by atoms with van der Waals surface area (Å²) in [5, 5.41) is 0. The number of hydrogen-bond donors (Lipinski definition) is 0. The van der Waals surface area contributed by atoms with Gasteiger partial charge in [0, 0.05) is 19.3 Å². The van der Waals surface area contributed by atoms with Gasteiger partial charge < -0.3 is 14.2 Å². The van der Waals surface area contributed by atoms with E-state index < -0.39 is 6.10 Å². The maximum atomic E-state index is 12.9. The first-order valence-corrected chi connectivity index (χ1v) is 35.6. The summed E-state index contributed by atoms with van der Waals surface area (Å²) in [4.78, 5) is 38.4. The standard InChI is InChI=1S/C74H136O6/c1-4-7-10-13-16-19-22-25-28-30-32-34-35-36-37-38-39-41-42-44-46-49-52-55-58-61-64-67-73(76)79-70-71(69-78-72(75)66-63-60-57-54-51-48-27-24-21-18-15-12-9-6-3)80-74(77)68-65-62-59-56-53-50-47-45-43-40-33-31-29-26-23-20-17-14-11-8-5-2/h23-24,26-27,31,33,43,45,71H,4-22,25,28-30,32,34-42,44,46-70H2,1-3H3/b26-23-,27-24-,33-31-,45-43-. The third-order valence-corrected chi connectivity index (χ3v) is 16.1. The molecule has 0 rings (SSSR count). The van der Waals surface area contributed by atoms with E-state index in [1.165, 1.54) is 263 Å². The minimum Gasteiger partial charge on any atom is -0.462 e. The number of hydrogen-bond acceptors (Lipinski definition) is 6. The summed E-state index contributed by atoms with van der Waals surface area (Å²) in [5.41, 5.74) is 0. The van der Waals surface area contributed by atoms with Gasteiger partial charge in [-0.15, -0.1) is 0 Å². The second kappa shape index (κ2) is 68.9. The fourth-order valence-electron chi connectivity index (χ4n) is 10.7. The van der Waals surface area contributed by atoms with Crippen molar-refractivity contribution in [1.29, 1.82) is 0 Å². The molecular formula is C74H136O6. The SMILES string of the molecule is CCCCCCC/C=C\C/C=C\C/C=C\CCCCCCCCC(=O)OC(COC(=O)CCCCCCC/C=C\CCCCCCC)COC(=O)CCCCCCCCCCCCCCCCCCCCCCCCCCCCC. The van der Waals surface area contributed by atoms with Crippen LogP contribution in [0.25, 0.3) is 0 Å². The number of allylic oxidation sites excluding steroid dienone is 8. The molecule has 0 aliphatic carbocycles. The molecule has 80 heavy (non-hydrogen) atoms. The molecule has 1 unspecified atom stereocenters. The van der Waals surface area contributed by atoms with Crippen molar-refractivity contribution in [1.82, 2.24) is 0 Å². The maximum Gasteiger partial charge on any atom is 0.306 e. The minimum absolute atomic E-state index is 0.0773. The molecule has 0 saturated carbocycles. The lowest BCUT2D eigenvalue weighted by Crippen LogP contribution is -2.30. The average molecular weight is 1120 g/mol. The molecule has 0 N–H and O–H groups in total. The lowest BCUT2D eigenvalue weighted by Gasteiger charge is -2.18. The van der Waals surface area contributed by atoms with Crippen molar-refractivity contribution in [2.24, 2.45) is 0 Å². The zero-order valence-corrected chi connectivity index (χ0v) is 53.9. The largest absolute Gasteiger partial charge is 0.462 e. The molecule has 0 radical (unpaired) electrons. The van der Waals surface area contributed by atoms with E-state index >= 15 is 0 Å². The van der Waals surface area contributed by atoms with Gasteiger partial charge in [-0.25, -0.2) is 0 Å². The Morgan fingerprint density at radius 1 is 0.250 bits per heavy atom. The van der Waals surface area contributed by atoms with Gasteiger partial charge in [0.2, 0.25) is 0 Å². The van der Waals surface area contributed by atoms with E-state index in [4.69, 9.17) is 14.2 Å². The quantitative estimate of drug-likeness (QED) is 0.0261. The first kappa shape index (κ1) is 77.4. The third-order valence-electron chi connectivity index (χ3n) is 16.1. The monoisotopic (exact) mass is 1120 g/mol. The molecule has 1 atom stereocenters. The molecule has 468 valence electrons. The zero-order chi connectivity index (χ0) is 57.8. The van der Waals surface area contributed by atoms with Crippen LogP contribution in [0.1, 0.15) is 387 Å². The van der Waals surface area contributed by atoms with Crippen LogP contribution in [0.2, 0.25) is 0 Å². The summed E-state index contributed by atoms with van der Waals surface area (Å²) >= 11 is 0. The average Bonchev–Trinajstić information content (AvgIpc) is 3.46. The second-order valence-electron chi connectivity index (χ2n) is 24.1. The van der Waals surface area contributed by atoms with E-state index in [2.05, 4.69) is 69.4 Å². The molecule has 6 nitrogen and oxygen atoms in total. The van der Waals surface area contributed by atoms with E-state index in [9.17, 15) is 14.4 Å². The van der Waals surface area contributed by atoms with E-state index in [0.717, 1.165) is 83.5 Å². The first-order valence-electron chi connectivity index (χ1n) is 35.6. The molecule has 0 aliphatic heterocycles. The summed E-state index contributed by atoms with van der Waals surface area (Å²) in [6.07, 6.45) is 87.1. The Labute approximate surface area is 498 Å². The number of esters is 3. The summed E-state index contributed by atoms with van der Waals surface area (Å²) in [5.74, 6) is -0.874. The molecular weight excluding hydrogens is 985 g/mol. The molecule has 0 saturated heterocycles. The van der Waals surface area contributed by atoms with Crippen LogP contribution in [0.3, 0.4) is 0 Å². The van der Waals surface area contributed by atoms with Crippen molar-refractivity contribution in [3.8, 4) is 0 Å². The van der Waals surface area contributed by atoms with Crippen LogP contribution in [0.15, 0.2) is 48.6 Å². The van der Waals surface area contributed by atoms with Crippen LogP contribution < -0.4 is 0 Å². The third kappa shape index (κ3) is 66.2. The lowest BCUT2D eigenvalue weighted by molar-refractivity contribution is -0.167. The Hall–Kier alpha value is -2.63. The van der Waals surface area contributed by atoms with Crippen LogP contribution in [0.5, 0.6) is 0 Å². The van der Waals surface area contributed by atoms with E-state index in [0.29, 0.717) is 19.3 Å². The molecule has 0 spiro atoms. The predicted molar refractivity (Wildman–Crippen MR) is 349 cm³/mol. The lowest BCUT2D eigenvalue weighted by atomic mass is 10.0. The highest BCUT2D eigenvalue weighted by molar-refractivity contribution is 5.71. The topological polar surface area (TPSA) is 78.9 Å². The number of unbranched alkanes of at least 4 members (excludes halogenated alkanes) is 47. The predicted octanol–water partition coefficient (Wildman–Crippen LogP) is 24.5. The van der Waals surface area contributed by atoms with Crippen LogP contribution in [0.4, 0.5) is 0 Å². The summed E-state index contributed by atoms with van der Waals surface area (Å²) in [6.45, 7) is 6.67. The summed E-state index contributed by atoms with van der Waals surface area (Å²) in [7, 11) is 0. The highest BCUT2D eigenvalue weighted by Crippen LogP contribution is 2.18. The molecule has 0 amide bonds. The fourth-order valence-corrected chi connectivity index (χ4v) is 10.7.